The molecule has 42 heavy (non-hydrogen) atoms. The number of hydrogen-bond donors (Lipinski definition) is 1. The highest BCUT2D eigenvalue weighted by Crippen LogP contribution is 2.45. The largest absolute Gasteiger partial charge is 0.486 e. The molecule has 1 saturated carbocycles. The average molecular weight is 605 g/mol. The van der Waals surface area contributed by atoms with E-state index in [0.29, 0.717) is 22.9 Å². The molecule has 1 aliphatic carbocycles. The lowest BCUT2D eigenvalue weighted by atomic mass is 10.1. The fraction of sp³-hybridized carbons (Fsp3) is 0.407. The fourth-order valence-electron chi connectivity index (χ4n) is 4.64. The van der Waals surface area contributed by atoms with Gasteiger partial charge in [0.25, 0.3) is 15.9 Å². The van der Waals surface area contributed by atoms with E-state index in [0.717, 1.165) is 29.7 Å². The third-order valence-corrected chi connectivity index (χ3v) is 9.08. The Hall–Kier alpha value is -3.95. The Kier molecular flexibility index (Phi) is 8.00. The molecule has 0 radical (unpaired) electrons. The number of anilines is 1. The molecule has 12 nitrogen and oxygen atoms in total. The molecule has 224 valence electrons. The van der Waals surface area contributed by atoms with Crippen LogP contribution in [-0.2, 0) is 16.8 Å². The summed E-state index contributed by atoms with van der Waals surface area (Å²) in [6.45, 7) is 4.37. The Labute approximate surface area is 240 Å². The fourth-order valence-corrected chi connectivity index (χ4v) is 5.81. The molecule has 2 fully saturated rings. The highest BCUT2D eigenvalue weighted by molar-refractivity contribution is 7.87. The number of nitro benzene ring substituents is 1. The summed E-state index contributed by atoms with van der Waals surface area (Å²) in [6, 6.07) is 7.22. The maximum absolute atomic E-state index is 13.9. The van der Waals surface area contributed by atoms with Gasteiger partial charge in [-0.25, -0.2) is 8.78 Å². The Morgan fingerprint density at radius 1 is 1.10 bits per heavy atom. The molecule has 1 aliphatic heterocycles. The molecule has 1 aromatic heterocycles. The van der Waals surface area contributed by atoms with Crippen molar-refractivity contribution in [3.8, 4) is 11.4 Å². The SMILES string of the molecule is Cc1ccc(CNS(=O)(=O)N2CCN(c3cnn(-c4cc(F)cc(F)c4)c(=O)c3OCC3(C)CC3)CC2)cc1[N+](=O)[O-]. The van der Waals surface area contributed by atoms with Crippen LogP contribution < -0.4 is 19.9 Å². The number of halogens is 2. The Balaban J connectivity index is 1.32. The molecular weight excluding hydrogens is 574 g/mol. The van der Waals surface area contributed by atoms with Crippen LogP contribution in [0.5, 0.6) is 5.75 Å². The zero-order valence-corrected chi connectivity index (χ0v) is 23.9. The molecule has 15 heteroatoms. The van der Waals surface area contributed by atoms with Crippen molar-refractivity contribution in [2.24, 2.45) is 5.41 Å². The van der Waals surface area contributed by atoms with Crippen molar-refractivity contribution in [2.45, 2.75) is 33.2 Å². The summed E-state index contributed by atoms with van der Waals surface area (Å²) in [5.74, 6) is -1.75. The number of hydrogen-bond acceptors (Lipinski definition) is 8. The molecule has 0 amide bonds. The number of ether oxygens (including phenoxy) is 1. The summed E-state index contributed by atoms with van der Waals surface area (Å²) < 4.78 is 64.3. The Morgan fingerprint density at radius 3 is 2.38 bits per heavy atom. The minimum absolute atomic E-state index is 0.0295. The van der Waals surface area contributed by atoms with Crippen molar-refractivity contribution in [2.75, 3.05) is 37.7 Å². The number of benzene rings is 2. The first kappa shape index (κ1) is 29.5. The third kappa shape index (κ3) is 6.42. The van der Waals surface area contributed by atoms with Crippen LogP contribution in [0.15, 0.2) is 47.4 Å². The number of nitrogens with zero attached hydrogens (tertiary/aromatic N) is 5. The van der Waals surface area contributed by atoms with Crippen LogP contribution in [0.25, 0.3) is 5.69 Å². The topological polar surface area (TPSA) is 140 Å². The molecular formula is C27H30F2N6O6S. The normalized spacial score (nSPS) is 16.8. The van der Waals surface area contributed by atoms with Crippen molar-refractivity contribution >= 4 is 21.6 Å². The second kappa shape index (κ2) is 11.4. The molecule has 0 spiro atoms. The zero-order valence-electron chi connectivity index (χ0n) is 23.0. The molecule has 2 aliphatic rings. The smallest absolute Gasteiger partial charge is 0.316 e. The summed E-state index contributed by atoms with van der Waals surface area (Å²) in [6.07, 6.45) is 3.26. The van der Waals surface area contributed by atoms with E-state index in [1.54, 1.807) is 24.0 Å². The molecule has 1 saturated heterocycles. The van der Waals surface area contributed by atoms with Crippen LogP contribution in [0.2, 0.25) is 0 Å². The predicted molar refractivity (Wildman–Crippen MR) is 150 cm³/mol. The van der Waals surface area contributed by atoms with Gasteiger partial charge in [0.1, 0.15) is 17.3 Å². The first-order valence-electron chi connectivity index (χ1n) is 13.3. The second-order valence-corrected chi connectivity index (χ2v) is 12.6. The van der Waals surface area contributed by atoms with Gasteiger partial charge < -0.3 is 9.64 Å². The van der Waals surface area contributed by atoms with Crippen molar-refractivity contribution in [1.29, 1.82) is 0 Å². The zero-order chi connectivity index (χ0) is 30.2. The molecule has 0 atom stereocenters. The van der Waals surface area contributed by atoms with Crippen LogP contribution >= 0.6 is 0 Å². The van der Waals surface area contributed by atoms with E-state index in [2.05, 4.69) is 9.82 Å². The highest BCUT2D eigenvalue weighted by Gasteiger charge is 2.39. The highest BCUT2D eigenvalue weighted by atomic mass is 32.2. The van der Waals surface area contributed by atoms with Crippen LogP contribution in [0, 0.1) is 34.1 Å². The van der Waals surface area contributed by atoms with Gasteiger partial charge in [-0.15, -0.1) is 0 Å². The van der Waals surface area contributed by atoms with Gasteiger partial charge in [0.05, 0.1) is 23.4 Å². The maximum Gasteiger partial charge on any atom is 0.316 e. The van der Waals surface area contributed by atoms with Crippen LogP contribution in [0.4, 0.5) is 20.2 Å². The van der Waals surface area contributed by atoms with Crippen molar-refractivity contribution in [3.05, 3.63) is 85.8 Å². The standard InChI is InChI=1S/C27H30F2N6O6S/c1-18-3-4-19(11-23(18)35(37)38)15-31-42(39,40)33-9-7-32(8-10-33)24-16-30-34(22-13-20(28)12-21(29)14-22)26(36)25(24)41-17-27(2)5-6-27/h3-4,11-14,16,31H,5-10,15,17H2,1-2H3. The summed E-state index contributed by atoms with van der Waals surface area (Å²) in [7, 11) is -3.92. The van der Waals surface area contributed by atoms with Crippen molar-refractivity contribution in [3.63, 3.8) is 0 Å². The molecule has 5 rings (SSSR count). The van der Waals surface area contributed by atoms with Gasteiger partial charge in [0, 0.05) is 55.8 Å². The lowest BCUT2D eigenvalue weighted by molar-refractivity contribution is -0.385. The number of nitro groups is 1. The van der Waals surface area contributed by atoms with E-state index in [1.165, 1.54) is 16.6 Å². The van der Waals surface area contributed by atoms with Gasteiger partial charge in [0.2, 0.25) is 5.75 Å². The van der Waals surface area contributed by atoms with Crippen LogP contribution in [0.1, 0.15) is 30.9 Å². The van der Waals surface area contributed by atoms with E-state index < -0.39 is 32.3 Å². The number of aryl methyl sites for hydroxylation is 1. The minimum atomic E-state index is -3.92. The van der Waals surface area contributed by atoms with Gasteiger partial charge in [0.15, 0.2) is 0 Å². The molecule has 2 heterocycles. The van der Waals surface area contributed by atoms with Crippen molar-refractivity contribution in [1.82, 2.24) is 18.8 Å². The summed E-state index contributed by atoms with van der Waals surface area (Å²) in [4.78, 5) is 26.0. The maximum atomic E-state index is 13.9. The van der Waals surface area contributed by atoms with Gasteiger partial charge in [-0.1, -0.05) is 19.1 Å². The van der Waals surface area contributed by atoms with E-state index in [4.69, 9.17) is 4.74 Å². The second-order valence-electron chi connectivity index (χ2n) is 10.9. The van der Waals surface area contributed by atoms with Crippen molar-refractivity contribution < 1.29 is 26.9 Å². The number of piperazine rings is 1. The minimum Gasteiger partial charge on any atom is -0.486 e. The van der Waals surface area contributed by atoms with Crippen LogP contribution in [-0.4, -0.2) is 60.2 Å². The molecule has 1 N–H and O–H groups in total. The van der Waals surface area contributed by atoms with Crippen LogP contribution in [0.3, 0.4) is 0 Å². The first-order valence-corrected chi connectivity index (χ1v) is 14.7. The quantitative estimate of drug-likeness (QED) is 0.275. The summed E-state index contributed by atoms with van der Waals surface area (Å²) in [5, 5.41) is 15.4. The van der Waals surface area contributed by atoms with E-state index in [1.807, 2.05) is 6.92 Å². The van der Waals surface area contributed by atoms with Gasteiger partial charge in [-0.3, -0.25) is 14.9 Å². The van der Waals surface area contributed by atoms with E-state index >= 15 is 0 Å². The lowest BCUT2D eigenvalue weighted by Gasteiger charge is -2.35. The number of rotatable bonds is 10. The van der Waals surface area contributed by atoms with E-state index in [-0.39, 0.29) is 61.9 Å². The predicted octanol–water partition coefficient (Wildman–Crippen LogP) is 3.06. The Bertz CT molecular complexity index is 1670. The molecule has 2 aromatic carbocycles. The summed E-state index contributed by atoms with van der Waals surface area (Å²) >= 11 is 0. The molecule has 3 aromatic rings. The van der Waals surface area contributed by atoms with Gasteiger partial charge in [-0.05, 0) is 37.5 Å². The molecule has 0 bridgehead atoms. The summed E-state index contributed by atoms with van der Waals surface area (Å²) in [5.41, 5.74) is 0.339. The molecule has 0 unspecified atom stereocenters. The van der Waals surface area contributed by atoms with Gasteiger partial charge >= 0.3 is 5.56 Å². The third-order valence-electron chi connectivity index (χ3n) is 7.52. The Morgan fingerprint density at radius 2 is 1.76 bits per heavy atom. The number of aromatic nitrogens is 2. The van der Waals surface area contributed by atoms with Gasteiger partial charge in [-0.2, -0.15) is 27.2 Å². The van der Waals surface area contributed by atoms with E-state index in [9.17, 15) is 32.1 Å². The lowest BCUT2D eigenvalue weighted by Crippen LogP contribution is -2.52. The average Bonchev–Trinajstić information content (AvgIpc) is 3.68. The monoisotopic (exact) mass is 604 g/mol. The first-order chi connectivity index (χ1) is 19.8. The number of nitrogens with one attached hydrogen (secondary N) is 1.